The van der Waals surface area contributed by atoms with E-state index in [1.165, 1.54) is 11.1 Å². The van der Waals surface area contributed by atoms with E-state index in [2.05, 4.69) is 21.7 Å². The second-order valence-electron chi connectivity index (χ2n) is 9.36. The fourth-order valence-electron chi connectivity index (χ4n) is 5.44. The number of nitrogens with zero attached hydrogens (tertiary/aromatic N) is 2. The smallest absolute Gasteiger partial charge is 0.255 e. The minimum Gasteiger partial charge on any atom is -0.338 e. The Morgan fingerprint density at radius 1 is 1.00 bits per heavy atom. The van der Waals surface area contributed by atoms with Crippen molar-refractivity contribution < 1.29 is 9.18 Å². The van der Waals surface area contributed by atoms with E-state index in [-0.39, 0.29) is 11.7 Å². The molecule has 2 fully saturated rings. The van der Waals surface area contributed by atoms with Gasteiger partial charge in [-0.2, -0.15) is 11.3 Å². The molecule has 2 atom stereocenters. The molecule has 3 aromatic rings. The van der Waals surface area contributed by atoms with E-state index in [0.717, 1.165) is 32.5 Å². The van der Waals surface area contributed by atoms with Gasteiger partial charge < -0.3 is 9.80 Å². The summed E-state index contributed by atoms with van der Waals surface area (Å²) in [5, 5.41) is 5.05. The topological polar surface area (TPSA) is 23.6 Å². The molecule has 2 aliphatic rings. The number of rotatable bonds is 5. The Balaban J connectivity index is 1.27. The van der Waals surface area contributed by atoms with Crippen LogP contribution in [0.5, 0.6) is 0 Å². The summed E-state index contributed by atoms with van der Waals surface area (Å²) in [4.78, 5) is 17.8. The Morgan fingerprint density at radius 3 is 2.47 bits per heavy atom. The van der Waals surface area contributed by atoms with Crippen molar-refractivity contribution in [3.05, 3.63) is 91.8 Å². The van der Waals surface area contributed by atoms with Crippen molar-refractivity contribution in [2.45, 2.75) is 24.7 Å². The van der Waals surface area contributed by atoms with E-state index in [1.54, 1.807) is 41.7 Å². The van der Waals surface area contributed by atoms with E-state index >= 15 is 0 Å². The number of halogens is 3. The summed E-state index contributed by atoms with van der Waals surface area (Å²) < 4.78 is 13.3. The maximum Gasteiger partial charge on any atom is 0.255 e. The zero-order valence-corrected chi connectivity index (χ0v) is 21.1. The van der Waals surface area contributed by atoms with E-state index in [1.807, 2.05) is 17.0 Å². The van der Waals surface area contributed by atoms with Crippen molar-refractivity contribution in [1.82, 2.24) is 9.80 Å². The molecule has 7 heteroatoms. The predicted molar refractivity (Wildman–Crippen MR) is 138 cm³/mol. The highest BCUT2D eigenvalue weighted by atomic mass is 35.5. The van der Waals surface area contributed by atoms with Crippen molar-refractivity contribution in [3.63, 3.8) is 0 Å². The predicted octanol–water partition coefficient (Wildman–Crippen LogP) is 6.93. The number of carbonyl (C=O) groups excluding carboxylic acids is 1. The van der Waals surface area contributed by atoms with Crippen LogP contribution < -0.4 is 0 Å². The summed E-state index contributed by atoms with van der Waals surface area (Å²) in [6, 6.07) is 14.4. The zero-order valence-electron chi connectivity index (χ0n) is 18.8. The van der Waals surface area contributed by atoms with E-state index in [0.29, 0.717) is 46.5 Å². The molecule has 0 aliphatic carbocycles. The van der Waals surface area contributed by atoms with Gasteiger partial charge in [0.05, 0.1) is 15.6 Å². The highest BCUT2D eigenvalue weighted by Gasteiger charge is 2.38. The summed E-state index contributed by atoms with van der Waals surface area (Å²) in [5.41, 5.74) is 3.01. The maximum absolute atomic E-state index is 13.3. The van der Waals surface area contributed by atoms with Gasteiger partial charge in [-0.05, 0) is 90.0 Å². The van der Waals surface area contributed by atoms with Gasteiger partial charge >= 0.3 is 0 Å². The molecule has 0 N–H and O–H groups in total. The maximum atomic E-state index is 13.3. The first kappa shape index (κ1) is 23.8. The lowest BCUT2D eigenvalue weighted by Crippen LogP contribution is -2.38. The van der Waals surface area contributed by atoms with Crippen molar-refractivity contribution in [2.24, 2.45) is 5.92 Å². The molecule has 3 heterocycles. The summed E-state index contributed by atoms with van der Waals surface area (Å²) in [6.45, 7) is 4.39. The Labute approximate surface area is 214 Å². The number of thiophene rings is 1. The first-order valence-electron chi connectivity index (χ1n) is 11.7. The molecule has 34 heavy (non-hydrogen) atoms. The van der Waals surface area contributed by atoms with Crippen LogP contribution in [-0.2, 0) is 0 Å². The van der Waals surface area contributed by atoms with Gasteiger partial charge in [0.15, 0.2) is 0 Å². The van der Waals surface area contributed by atoms with E-state index in [4.69, 9.17) is 23.2 Å². The standard InChI is InChI=1S/C27H27Cl2FN2OS/c28-25-3-1-2-23(26(25)29)27(33)32-15-21(24(16-32)20-10-13-34-17-20)14-31-11-8-19(9-12-31)18-4-6-22(30)7-5-18/h1-7,10,13,17,19,21,24H,8-9,11-12,14-16H2. The minimum atomic E-state index is -0.181. The van der Waals surface area contributed by atoms with E-state index in [9.17, 15) is 9.18 Å². The van der Waals surface area contributed by atoms with Crippen LogP contribution in [0.1, 0.15) is 46.2 Å². The van der Waals surface area contributed by atoms with Gasteiger partial charge in [-0.25, -0.2) is 4.39 Å². The molecule has 2 aliphatic heterocycles. The molecule has 3 nitrogen and oxygen atoms in total. The molecule has 2 saturated heterocycles. The van der Waals surface area contributed by atoms with Crippen molar-refractivity contribution in [1.29, 1.82) is 0 Å². The minimum absolute atomic E-state index is 0.0507. The zero-order chi connectivity index (χ0) is 23.7. The molecule has 5 rings (SSSR count). The molecule has 2 aromatic carbocycles. The average molecular weight is 517 g/mol. The fraction of sp³-hybridized carbons (Fsp3) is 0.370. The number of likely N-dealkylation sites (tertiary alicyclic amines) is 2. The number of hydrogen-bond acceptors (Lipinski definition) is 3. The van der Waals surface area contributed by atoms with Crippen LogP contribution in [0.3, 0.4) is 0 Å². The Hall–Kier alpha value is -1.92. The summed E-state index contributed by atoms with van der Waals surface area (Å²) in [7, 11) is 0. The number of hydrogen-bond donors (Lipinski definition) is 0. The van der Waals surface area contributed by atoms with Crippen LogP contribution >= 0.6 is 34.5 Å². The highest BCUT2D eigenvalue weighted by molar-refractivity contribution is 7.08. The van der Waals surface area contributed by atoms with Crippen LogP contribution in [0.2, 0.25) is 10.0 Å². The lowest BCUT2D eigenvalue weighted by Gasteiger charge is -2.34. The average Bonchev–Trinajstić information content (AvgIpc) is 3.52. The molecule has 0 spiro atoms. The molecule has 178 valence electrons. The third kappa shape index (κ3) is 5.03. The summed E-state index contributed by atoms with van der Waals surface area (Å²) >= 11 is 14.2. The van der Waals surface area contributed by atoms with E-state index < -0.39 is 0 Å². The summed E-state index contributed by atoms with van der Waals surface area (Å²) in [5.74, 6) is 0.920. The Kier molecular flexibility index (Phi) is 7.26. The van der Waals surface area contributed by atoms with Crippen LogP contribution in [0.25, 0.3) is 0 Å². The van der Waals surface area contributed by atoms with Crippen LogP contribution in [-0.4, -0.2) is 48.4 Å². The van der Waals surface area contributed by atoms with Crippen LogP contribution in [0, 0.1) is 11.7 Å². The largest absolute Gasteiger partial charge is 0.338 e. The van der Waals surface area contributed by atoms with Crippen LogP contribution in [0.4, 0.5) is 4.39 Å². The molecule has 1 amide bonds. The molecule has 0 radical (unpaired) electrons. The molecular formula is C27H27Cl2FN2OS. The van der Waals surface area contributed by atoms with Gasteiger partial charge in [-0.1, -0.05) is 41.4 Å². The van der Waals surface area contributed by atoms with Gasteiger partial charge in [0, 0.05) is 25.6 Å². The van der Waals surface area contributed by atoms with Gasteiger partial charge in [-0.15, -0.1) is 0 Å². The second kappa shape index (κ2) is 10.4. The molecule has 0 saturated carbocycles. The third-order valence-electron chi connectivity index (χ3n) is 7.30. The number of carbonyl (C=O) groups is 1. The van der Waals surface area contributed by atoms with Crippen molar-refractivity contribution in [2.75, 3.05) is 32.7 Å². The Bertz CT molecular complexity index is 1130. The first-order valence-corrected chi connectivity index (χ1v) is 13.4. The lowest BCUT2D eigenvalue weighted by atomic mass is 9.87. The lowest BCUT2D eigenvalue weighted by molar-refractivity contribution is 0.0781. The molecule has 2 unspecified atom stereocenters. The molecular weight excluding hydrogens is 490 g/mol. The van der Waals surface area contributed by atoms with Crippen LogP contribution in [0.15, 0.2) is 59.3 Å². The number of amides is 1. The second-order valence-corrected chi connectivity index (χ2v) is 10.9. The third-order valence-corrected chi connectivity index (χ3v) is 8.82. The van der Waals surface area contributed by atoms with Gasteiger partial charge in [0.25, 0.3) is 5.91 Å². The molecule has 1 aromatic heterocycles. The van der Waals surface area contributed by atoms with Crippen molar-refractivity contribution in [3.8, 4) is 0 Å². The monoisotopic (exact) mass is 516 g/mol. The quantitative estimate of drug-likeness (QED) is 0.367. The summed E-state index contributed by atoms with van der Waals surface area (Å²) in [6.07, 6.45) is 2.14. The number of piperidine rings is 1. The fourth-order valence-corrected chi connectivity index (χ4v) is 6.55. The van der Waals surface area contributed by atoms with Crippen molar-refractivity contribution >= 4 is 40.4 Å². The first-order chi connectivity index (χ1) is 16.5. The van der Waals surface area contributed by atoms with Gasteiger partial charge in [0.1, 0.15) is 5.82 Å². The van der Waals surface area contributed by atoms with Gasteiger partial charge in [0.2, 0.25) is 0 Å². The normalized spacial score (nSPS) is 21.8. The SMILES string of the molecule is O=C(c1cccc(Cl)c1Cl)N1CC(CN2CCC(c3ccc(F)cc3)CC2)C(c2ccsc2)C1. The highest BCUT2D eigenvalue weighted by Crippen LogP contribution is 2.37. The van der Waals surface area contributed by atoms with Gasteiger partial charge in [-0.3, -0.25) is 4.79 Å². The molecule has 0 bridgehead atoms. The number of benzene rings is 2. The Morgan fingerprint density at radius 2 is 1.76 bits per heavy atom.